The van der Waals surface area contributed by atoms with Gasteiger partial charge in [0.25, 0.3) is 0 Å². The van der Waals surface area contributed by atoms with Gasteiger partial charge in [-0.2, -0.15) is 0 Å². The molecular weight excluding hydrogens is 455 g/mol. The van der Waals surface area contributed by atoms with Gasteiger partial charge >= 0.3 is 0 Å². The van der Waals surface area contributed by atoms with Crippen molar-refractivity contribution in [3.63, 3.8) is 0 Å². The molecule has 144 valence electrons. The Labute approximate surface area is 179 Å². The highest BCUT2D eigenvalue weighted by atomic mass is 127. The summed E-state index contributed by atoms with van der Waals surface area (Å²) >= 11 is 1.80. The molecule has 0 aliphatic carbocycles. The number of nitrogens with zero attached hydrogens (tertiary/aromatic N) is 2. The molecule has 0 radical (unpaired) electrons. The number of rotatable bonds is 8. The first-order valence-electron chi connectivity index (χ1n) is 9.07. The van der Waals surface area contributed by atoms with E-state index in [-0.39, 0.29) is 24.0 Å². The van der Waals surface area contributed by atoms with Crippen LogP contribution in [0.3, 0.4) is 0 Å². The van der Waals surface area contributed by atoms with Crippen molar-refractivity contribution in [3.8, 4) is 0 Å². The maximum absolute atomic E-state index is 4.78. The van der Waals surface area contributed by atoms with Gasteiger partial charge < -0.3 is 10.6 Å². The molecule has 26 heavy (non-hydrogen) atoms. The molecule has 0 saturated heterocycles. The van der Waals surface area contributed by atoms with Crippen molar-refractivity contribution >= 4 is 41.3 Å². The van der Waals surface area contributed by atoms with Crippen molar-refractivity contribution < 1.29 is 0 Å². The van der Waals surface area contributed by atoms with Crippen LogP contribution < -0.4 is 10.6 Å². The zero-order valence-corrected chi connectivity index (χ0v) is 19.3. The molecule has 0 aromatic carbocycles. The summed E-state index contributed by atoms with van der Waals surface area (Å²) in [5.41, 5.74) is 1.27. The van der Waals surface area contributed by atoms with E-state index in [9.17, 15) is 0 Å². The van der Waals surface area contributed by atoms with Crippen LogP contribution in [-0.4, -0.2) is 30.6 Å². The summed E-state index contributed by atoms with van der Waals surface area (Å²) in [6.07, 6.45) is 3.79. The molecule has 2 unspecified atom stereocenters. The third-order valence-electron chi connectivity index (χ3n) is 4.30. The number of nitrogens with one attached hydrogen (secondary N) is 2. The Bertz CT molecular complexity index is 629. The van der Waals surface area contributed by atoms with Crippen LogP contribution in [0.15, 0.2) is 47.0 Å². The highest BCUT2D eigenvalue weighted by molar-refractivity contribution is 14.0. The molecule has 0 bridgehead atoms. The Kier molecular flexibility index (Phi) is 10.8. The largest absolute Gasteiger partial charge is 0.357 e. The normalized spacial score (nSPS) is 13.8. The molecule has 0 saturated carbocycles. The summed E-state index contributed by atoms with van der Waals surface area (Å²) in [5, 5.41) is 9.00. The number of halogens is 1. The van der Waals surface area contributed by atoms with Crippen LogP contribution in [0.5, 0.6) is 0 Å². The van der Waals surface area contributed by atoms with E-state index in [1.165, 1.54) is 10.4 Å². The fourth-order valence-electron chi connectivity index (χ4n) is 2.77. The first-order valence-corrected chi connectivity index (χ1v) is 9.95. The lowest BCUT2D eigenvalue weighted by atomic mass is 9.89. The number of aromatic nitrogens is 1. The molecule has 0 fully saturated rings. The van der Waals surface area contributed by atoms with Crippen molar-refractivity contribution in [2.24, 2.45) is 10.9 Å². The number of aliphatic imine (C=N–C) groups is 1. The molecule has 2 aromatic heterocycles. The molecule has 6 heteroatoms. The van der Waals surface area contributed by atoms with E-state index >= 15 is 0 Å². The lowest BCUT2D eigenvalue weighted by molar-refractivity contribution is 0.486. The summed E-state index contributed by atoms with van der Waals surface area (Å²) in [6.45, 7) is 11.3. The second-order valence-electron chi connectivity index (χ2n) is 6.65. The van der Waals surface area contributed by atoms with E-state index in [2.05, 4.69) is 66.9 Å². The Morgan fingerprint density at radius 3 is 2.58 bits per heavy atom. The van der Waals surface area contributed by atoms with E-state index in [1.807, 2.05) is 18.5 Å². The van der Waals surface area contributed by atoms with Crippen molar-refractivity contribution in [1.29, 1.82) is 0 Å². The SMILES string of the molecule is CCNC(=NCC(C)c1cccs1)NCC(c1cccnc1)C(C)C.I. The van der Waals surface area contributed by atoms with Gasteiger partial charge in [0, 0.05) is 42.2 Å². The zero-order chi connectivity index (χ0) is 18.1. The lowest BCUT2D eigenvalue weighted by Crippen LogP contribution is -2.40. The maximum Gasteiger partial charge on any atom is 0.191 e. The Hall–Kier alpha value is -1.15. The molecule has 0 spiro atoms. The van der Waals surface area contributed by atoms with Gasteiger partial charge in [0.05, 0.1) is 6.54 Å². The first kappa shape index (κ1) is 22.9. The van der Waals surface area contributed by atoms with Gasteiger partial charge in [-0.15, -0.1) is 35.3 Å². The smallest absolute Gasteiger partial charge is 0.191 e. The quantitative estimate of drug-likeness (QED) is 0.318. The van der Waals surface area contributed by atoms with Gasteiger partial charge in [-0.25, -0.2) is 0 Å². The number of guanidine groups is 1. The van der Waals surface area contributed by atoms with Crippen LogP contribution in [-0.2, 0) is 0 Å². The van der Waals surface area contributed by atoms with Crippen LogP contribution >= 0.6 is 35.3 Å². The van der Waals surface area contributed by atoms with Crippen LogP contribution in [0.1, 0.15) is 50.0 Å². The minimum absolute atomic E-state index is 0. The molecule has 2 heterocycles. The second-order valence-corrected chi connectivity index (χ2v) is 7.63. The van der Waals surface area contributed by atoms with Gasteiger partial charge in [0.1, 0.15) is 0 Å². The van der Waals surface area contributed by atoms with Gasteiger partial charge in [0.15, 0.2) is 5.96 Å². The van der Waals surface area contributed by atoms with E-state index in [1.54, 1.807) is 11.3 Å². The lowest BCUT2D eigenvalue weighted by Gasteiger charge is -2.23. The molecule has 0 aliphatic rings. The molecule has 0 aliphatic heterocycles. The van der Waals surface area contributed by atoms with Crippen molar-refractivity contribution in [2.75, 3.05) is 19.6 Å². The standard InChI is InChI=1S/C20H30N4S.HI/c1-5-22-20(23-12-16(4)19-9-7-11-25-19)24-14-18(15(2)3)17-8-6-10-21-13-17;/h6-11,13,15-16,18H,5,12,14H2,1-4H3,(H2,22,23,24);1H. The highest BCUT2D eigenvalue weighted by Gasteiger charge is 2.16. The fraction of sp³-hybridized carbons (Fsp3) is 0.500. The molecule has 2 N–H and O–H groups in total. The van der Waals surface area contributed by atoms with Crippen molar-refractivity contribution in [2.45, 2.75) is 39.5 Å². The average molecular weight is 486 g/mol. The topological polar surface area (TPSA) is 49.3 Å². The maximum atomic E-state index is 4.78. The van der Waals surface area contributed by atoms with Gasteiger partial charge in [-0.05, 0) is 35.9 Å². The molecule has 2 atom stereocenters. The minimum atomic E-state index is 0. The summed E-state index contributed by atoms with van der Waals surface area (Å²) in [4.78, 5) is 10.4. The van der Waals surface area contributed by atoms with Crippen molar-refractivity contribution in [3.05, 3.63) is 52.5 Å². The predicted molar refractivity (Wildman–Crippen MR) is 124 cm³/mol. The Morgan fingerprint density at radius 1 is 1.19 bits per heavy atom. The molecule has 0 amide bonds. The average Bonchev–Trinajstić information content (AvgIpc) is 3.15. The number of pyridine rings is 1. The Morgan fingerprint density at radius 2 is 2.00 bits per heavy atom. The number of hydrogen-bond donors (Lipinski definition) is 2. The monoisotopic (exact) mass is 486 g/mol. The second kappa shape index (κ2) is 12.3. The first-order chi connectivity index (χ1) is 12.1. The number of hydrogen-bond acceptors (Lipinski definition) is 3. The van der Waals surface area contributed by atoms with E-state index in [0.29, 0.717) is 17.8 Å². The van der Waals surface area contributed by atoms with Gasteiger partial charge in [0.2, 0.25) is 0 Å². The van der Waals surface area contributed by atoms with E-state index in [4.69, 9.17) is 4.99 Å². The zero-order valence-electron chi connectivity index (χ0n) is 16.1. The molecule has 2 rings (SSSR count). The Balaban J connectivity index is 0.00000338. The summed E-state index contributed by atoms with van der Waals surface area (Å²) in [7, 11) is 0. The summed E-state index contributed by atoms with van der Waals surface area (Å²) in [6, 6.07) is 8.45. The summed E-state index contributed by atoms with van der Waals surface area (Å²) < 4.78 is 0. The minimum Gasteiger partial charge on any atom is -0.357 e. The van der Waals surface area contributed by atoms with Crippen LogP contribution in [0.4, 0.5) is 0 Å². The fourth-order valence-corrected chi connectivity index (χ4v) is 3.55. The third kappa shape index (κ3) is 7.23. The predicted octanol–water partition coefficient (Wildman–Crippen LogP) is 4.86. The molecule has 2 aromatic rings. The van der Waals surface area contributed by atoms with Crippen LogP contribution in [0.2, 0.25) is 0 Å². The number of thiophene rings is 1. The van der Waals surface area contributed by atoms with Crippen LogP contribution in [0.25, 0.3) is 0 Å². The van der Waals surface area contributed by atoms with Gasteiger partial charge in [-0.3, -0.25) is 9.98 Å². The highest BCUT2D eigenvalue weighted by Crippen LogP contribution is 2.23. The third-order valence-corrected chi connectivity index (χ3v) is 5.41. The van der Waals surface area contributed by atoms with Crippen molar-refractivity contribution in [1.82, 2.24) is 15.6 Å². The van der Waals surface area contributed by atoms with E-state index in [0.717, 1.165) is 25.6 Å². The summed E-state index contributed by atoms with van der Waals surface area (Å²) in [5.74, 6) is 2.27. The van der Waals surface area contributed by atoms with Gasteiger partial charge in [-0.1, -0.05) is 32.9 Å². The molecule has 4 nitrogen and oxygen atoms in total. The van der Waals surface area contributed by atoms with Crippen LogP contribution in [0, 0.1) is 5.92 Å². The molecular formula is C20H31IN4S. The van der Waals surface area contributed by atoms with E-state index < -0.39 is 0 Å².